The van der Waals surface area contributed by atoms with Crippen molar-refractivity contribution in [3.05, 3.63) is 52.7 Å². The number of halogens is 1. The molecule has 3 nitrogen and oxygen atoms in total. The van der Waals surface area contributed by atoms with E-state index in [-0.39, 0.29) is 5.22 Å². The standard InChI is InChI=1S/C11H10ClNO2/c1-7-2-4-13-6-9(7)10(14)8-3-5-15-11(8)12/h2-6,10,14H,1H3. The maximum absolute atomic E-state index is 10.1. The average Bonchev–Trinajstić information content (AvgIpc) is 2.64. The third-order valence-electron chi connectivity index (χ3n) is 2.31. The van der Waals surface area contributed by atoms with Crippen molar-refractivity contribution in [2.24, 2.45) is 0 Å². The predicted molar refractivity (Wildman–Crippen MR) is 56.8 cm³/mol. The minimum atomic E-state index is -0.787. The number of hydrogen-bond donors (Lipinski definition) is 1. The summed E-state index contributed by atoms with van der Waals surface area (Å²) in [4.78, 5) is 3.97. The van der Waals surface area contributed by atoms with Crippen LogP contribution in [0.15, 0.2) is 35.2 Å². The van der Waals surface area contributed by atoms with Gasteiger partial charge in [0, 0.05) is 23.5 Å². The number of hydrogen-bond acceptors (Lipinski definition) is 3. The normalized spacial score (nSPS) is 12.7. The van der Waals surface area contributed by atoms with E-state index in [2.05, 4.69) is 4.98 Å². The SMILES string of the molecule is Cc1ccncc1C(O)c1ccoc1Cl. The summed E-state index contributed by atoms with van der Waals surface area (Å²) in [6.45, 7) is 1.91. The summed E-state index contributed by atoms with van der Waals surface area (Å²) < 4.78 is 4.93. The van der Waals surface area contributed by atoms with E-state index in [1.54, 1.807) is 18.5 Å². The van der Waals surface area contributed by atoms with Crippen LogP contribution in [-0.2, 0) is 0 Å². The molecule has 2 rings (SSSR count). The van der Waals surface area contributed by atoms with E-state index in [4.69, 9.17) is 16.0 Å². The van der Waals surface area contributed by atoms with Gasteiger partial charge in [0.2, 0.25) is 0 Å². The van der Waals surface area contributed by atoms with Crippen molar-refractivity contribution >= 4 is 11.6 Å². The molecule has 1 atom stereocenters. The Morgan fingerprint density at radius 2 is 2.20 bits per heavy atom. The van der Waals surface area contributed by atoms with Crippen molar-refractivity contribution in [1.29, 1.82) is 0 Å². The van der Waals surface area contributed by atoms with Crippen molar-refractivity contribution in [1.82, 2.24) is 4.98 Å². The van der Waals surface area contributed by atoms with Gasteiger partial charge in [0.25, 0.3) is 0 Å². The molecular formula is C11H10ClNO2. The second-order valence-corrected chi connectivity index (χ2v) is 3.63. The van der Waals surface area contributed by atoms with E-state index in [0.717, 1.165) is 11.1 Å². The highest BCUT2D eigenvalue weighted by atomic mass is 35.5. The van der Waals surface area contributed by atoms with E-state index in [1.165, 1.54) is 6.26 Å². The smallest absolute Gasteiger partial charge is 0.199 e. The zero-order valence-electron chi connectivity index (χ0n) is 8.14. The van der Waals surface area contributed by atoms with Gasteiger partial charge in [0.05, 0.1) is 6.26 Å². The van der Waals surface area contributed by atoms with Crippen molar-refractivity contribution in [2.75, 3.05) is 0 Å². The Hall–Kier alpha value is -1.32. The predicted octanol–water partition coefficient (Wildman–Crippen LogP) is 2.72. The highest BCUT2D eigenvalue weighted by Gasteiger charge is 2.17. The highest BCUT2D eigenvalue weighted by Crippen LogP contribution is 2.29. The van der Waals surface area contributed by atoms with Gasteiger partial charge in [-0.3, -0.25) is 4.98 Å². The summed E-state index contributed by atoms with van der Waals surface area (Å²) >= 11 is 5.79. The van der Waals surface area contributed by atoms with Crippen LogP contribution in [0, 0.1) is 6.92 Å². The molecule has 0 saturated heterocycles. The molecule has 0 aliphatic heterocycles. The summed E-state index contributed by atoms with van der Waals surface area (Å²) in [5, 5.41) is 10.3. The first kappa shape index (κ1) is 10.2. The second-order valence-electron chi connectivity index (χ2n) is 3.28. The first-order valence-electron chi connectivity index (χ1n) is 4.51. The van der Waals surface area contributed by atoms with Crippen LogP contribution < -0.4 is 0 Å². The lowest BCUT2D eigenvalue weighted by molar-refractivity contribution is 0.218. The van der Waals surface area contributed by atoms with E-state index < -0.39 is 6.10 Å². The average molecular weight is 224 g/mol. The number of aliphatic hydroxyl groups is 1. The van der Waals surface area contributed by atoms with E-state index in [0.29, 0.717) is 5.56 Å². The Bertz CT molecular complexity index is 467. The molecule has 0 radical (unpaired) electrons. The van der Waals surface area contributed by atoms with Crippen LogP contribution in [0.1, 0.15) is 22.8 Å². The van der Waals surface area contributed by atoms with Crippen molar-refractivity contribution in [2.45, 2.75) is 13.0 Å². The van der Waals surface area contributed by atoms with Crippen molar-refractivity contribution in [3.8, 4) is 0 Å². The molecule has 2 aromatic heterocycles. The van der Waals surface area contributed by atoms with E-state index in [9.17, 15) is 5.11 Å². The summed E-state index contributed by atoms with van der Waals surface area (Å²) in [5.41, 5.74) is 2.27. The number of pyridine rings is 1. The van der Waals surface area contributed by atoms with Crippen LogP contribution in [0.25, 0.3) is 0 Å². The van der Waals surface area contributed by atoms with Gasteiger partial charge in [0.1, 0.15) is 6.10 Å². The Morgan fingerprint density at radius 1 is 1.40 bits per heavy atom. The van der Waals surface area contributed by atoms with Gasteiger partial charge < -0.3 is 9.52 Å². The number of rotatable bonds is 2. The van der Waals surface area contributed by atoms with Gasteiger partial charge in [-0.1, -0.05) is 0 Å². The van der Waals surface area contributed by atoms with E-state index in [1.807, 2.05) is 13.0 Å². The van der Waals surface area contributed by atoms with Crippen LogP contribution >= 0.6 is 11.6 Å². The molecule has 4 heteroatoms. The zero-order valence-corrected chi connectivity index (χ0v) is 8.90. The summed E-state index contributed by atoms with van der Waals surface area (Å²) in [6, 6.07) is 3.49. The quantitative estimate of drug-likeness (QED) is 0.852. The minimum absolute atomic E-state index is 0.214. The molecule has 0 spiro atoms. The number of aliphatic hydroxyl groups excluding tert-OH is 1. The Morgan fingerprint density at radius 3 is 2.80 bits per heavy atom. The Labute approximate surface area is 92.3 Å². The fourth-order valence-electron chi connectivity index (χ4n) is 1.43. The zero-order chi connectivity index (χ0) is 10.8. The van der Waals surface area contributed by atoms with Crippen molar-refractivity contribution in [3.63, 3.8) is 0 Å². The van der Waals surface area contributed by atoms with Gasteiger partial charge in [0.15, 0.2) is 5.22 Å². The van der Waals surface area contributed by atoms with Crippen LogP contribution in [-0.4, -0.2) is 10.1 Å². The molecule has 0 fully saturated rings. The maximum atomic E-state index is 10.1. The van der Waals surface area contributed by atoms with Gasteiger partial charge in [-0.2, -0.15) is 0 Å². The molecule has 0 bridgehead atoms. The van der Waals surface area contributed by atoms with Crippen molar-refractivity contribution < 1.29 is 9.52 Å². The van der Waals surface area contributed by atoms with E-state index >= 15 is 0 Å². The molecule has 0 aromatic carbocycles. The molecule has 78 valence electrons. The molecule has 1 N–H and O–H groups in total. The van der Waals surface area contributed by atoms with Gasteiger partial charge in [-0.25, -0.2) is 0 Å². The lowest BCUT2D eigenvalue weighted by atomic mass is 10.0. The number of nitrogens with zero attached hydrogens (tertiary/aromatic N) is 1. The molecule has 15 heavy (non-hydrogen) atoms. The molecule has 2 heterocycles. The number of aryl methyl sites for hydroxylation is 1. The fourth-order valence-corrected chi connectivity index (χ4v) is 1.65. The first-order valence-corrected chi connectivity index (χ1v) is 4.89. The molecule has 0 amide bonds. The van der Waals surface area contributed by atoms with Gasteiger partial charge >= 0.3 is 0 Å². The first-order chi connectivity index (χ1) is 7.20. The topological polar surface area (TPSA) is 46.3 Å². The molecular weight excluding hydrogens is 214 g/mol. The third kappa shape index (κ3) is 1.89. The summed E-state index contributed by atoms with van der Waals surface area (Å²) in [5.74, 6) is 0. The summed E-state index contributed by atoms with van der Waals surface area (Å²) in [7, 11) is 0. The Kier molecular flexibility index (Phi) is 2.75. The second kappa shape index (κ2) is 4.04. The largest absolute Gasteiger partial charge is 0.453 e. The minimum Gasteiger partial charge on any atom is -0.453 e. The lowest BCUT2D eigenvalue weighted by Crippen LogP contribution is -2.01. The number of aromatic nitrogens is 1. The van der Waals surface area contributed by atoms with Gasteiger partial charge in [-0.15, -0.1) is 0 Å². The maximum Gasteiger partial charge on any atom is 0.199 e. The molecule has 0 aliphatic carbocycles. The van der Waals surface area contributed by atoms with Crippen LogP contribution in [0.5, 0.6) is 0 Å². The monoisotopic (exact) mass is 223 g/mol. The highest BCUT2D eigenvalue weighted by molar-refractivity contribution is 6.29. The summed E-state index contributed by atoms with van der Waals surface area (Å²) in [6.07, 6.45) is 3.98. The Balaban J connectivity index is 2.41. The van der Waals surface area contributed by atoms with Crippen LogP contribution in [0.4, 0.5) is 0 Å². The number of furan rings is 1. The van der Waals surface area contributed by atoms with Crippen LogP contribution in [0.3, 0.4) is 0 Å². The van der Waals surface area contributed by atoms with Crippen LogP contribution in [0.2, 0.25) is 5.22 Å². The third-order valence-corrected chi connectivity index (χ3v) is 2.62. The molecule has 0 aliphatic rings. The fraction of sp³-hybridized carbons (Fsp3) is 0.182. The van der Waals surface area contributed by atoms with Gasteiger partial charge in [-0.05, 0) is 36.2 Å². The lowest BCUT2D eigenvalue weighted by Gasteiger charge is -2.11. The molecule has 2 aromatic rings. The molecule has 1 unspecified atom stereocenters. The molecule has 0 saturated carbocycles.